The zero-order valence-electron chi connectivity index (χ0n) is 20.0. The SMILES string of the molecule is COC(=O)[C@H]1[C@@H]2CCCN2[C@@]2(C(=O)Nc3ccccc32)[C@]1(Oc1ccc2ccccc2c1)C(=O)OC. The van der Waals surface area contributed by atoms with Crippen molar-refractivity contribution in [1.29, 1.82) is 0 Å². The molecule has 0 saturated carbocycles. The number of para-hydroxylation sites is 1. The van der Waals surface area contributed by atoms with Gasteiger partial charge in [0.15, 0.2) is 5.54 Å². The van der Waals surface area contributed by atoms with Gasteiger partial charge < -0.3 is 19.5 Å². The third-order valence-electron chi connectivity index (χ3n) is 7.93. The highest BCUT2D eigenvalue weighted by atomic mass is 16.6. The van der Waals surface area contributed by atoms with Crippen molar-refractivity contribution in [2.24, 2.45) is 5.92 Å². The lowest BCUT2D eigenvalue weighted by Gasteiger charge is -2.44. The van der Waals surface area contributed by atoms with Crippen LogP contribution in [0.4, 0.5) is 5.69 Å². The number of carbonyl (C=O) groups excluding carboxylic acids is 3. The van der Waals surface area contributed by atoms with Gasteiger partial charge in [-0.3, -0.25) is 14.5 Å². The normalized spacial score (nSPS) is 28.6. The van der Waals surface area contributed by atoms with Crippen molar-refractivity contribution in [3.8, 4) is 5.75 Å². The molecule has 4 atom stereocenters. The first-order valence-electron chi connectivity index (χ1n) is 12.0. The van der Waals surface area contributed by atoms with Crippen molar-refractivity contribution >= 4 is 34.3 Å². The minimum absolute atomic E-state index is 0.353. The maximum absolute atomic E-state index is 14.1. The van der Waals surface area contributed by atoms with E-state index in [2.05, 4.69) is 5.32 Å². The van der Waals surface area contributed by atoms with Crippen molar-refractivity contribution < 1.29 is 28.6 Å². The summed E-state index contributed by atoms with van der Waals surface area (Å²) in [7, 11) is 2.53. The molecule has 2 saturated heterocycles. The summed E-state index contributed by atoms with van der Waals surface area (Å²) in [6.07, 6.45) is 1.37. The molecule has 1 N–H and O–H groups in total. The van der Waals surface area contributed by atoms with Gasteiger partial charge in [-0.2, -0.15) is 0 Å². The molecular weight excluding hydrogens is 460 g/mol. The van der Waals surface area contributed by atoms with Gasteiger partial charge in [-0.05, 0) is 41.8 Å². The Kier molecular flexibility index (Phi) is 5.05. The van der Waals surface area contributed by atoms with E-state index in [1.165, 1.54) is 14.2 Å². The Morgan fingerprint density at radius 3 is 2.50 bits per heavy atom. The molecule has 3 aliphatic heterocycles. The number of anilines is 1. The summed E-state index contributed by atoms with van der Waals surface area (Å²) in [5.41, 5.74) is -2.49. The molecule has 0 aliphatic carbocycles. The molecule has 184 valence electrons. The van der Waals surface area contributed by atoms with E-state index >= 15 is 0 Å². The molecule has 1 spiro atoms. The second kappa shape index (κ2) is 8.06. The second-order valence-electron chi connectivity index (χ2n) is 9.45. The van der Waals surface area contributed by atoms with Crippen molar-refractivity contribution in [2.45, 2.75) is 30.0 Å². The van der Waals surface area contributed by atoms with Gasteiger partial charge in [0.25, 0.3) is 11.5 Å². The van der Waals surface area contributed by atoms with Crippen molar-refractivity contribution in [3.63, 3.8) is 0 Å². The van der Waals surface area contributed by atoms with E-state index in [0.717, 1.165) is 17.2 Å². The standard InChI is InChI=1S/C28H26N2O6/c1-34-24(31)23-22-12-7-15-30(22)27(20-10-5-6-11-21(20)29-25(27)32)28(23,26(33)35-2)36-19-14-13-17-8-3-4-9-18(17)16-19/h3-6,8-11,13-14,16,22-23H,7,12,15H2,1-2H3,(H,29,32)/t22-,23+,27-,28+/m0/s1. The molecule has 0 unspecified atom stereocenters. The zero-order valence-corrected chi connectivity index (χ0v) is 20.0. The summed E-state index contributed by atoms with van der Waals surface area (Å²) < 4.78 is 17.3. The van der Waals surface area contributed by atoms with Crippen LogP contribution in [-0.2, 0) is 29.4 Å². The number of methoxy groups -OCH3 is 2. The molecule has 3 heterocycles. The van der Waals surface area contributed by atoms with Crippen LogP contribution < -0.4 is 10.1 Å². The Morgan fingerprint density at radius 2 is 1.72 bits per heavy atom. The molecule has 1 amide bonds. The Labute approximate surface area is 208 Å². The van der Waals surface area contributed by atoms with Crippen LogP contribution >= 0.6 is 0 Å². The molecule has 6 rings (SSSR count). The lowest BCUT2D eigenvalue weighted by molar-refractivity contribution is -0.182. The van der Waals surface area contributed by atoms with E-state index in [4.69, 9.17) is 14.2 Å². The lowest BCUT2D eigenvalue weighted by atomic mass is 9.69. The number of hydrogen-bond donors (Lipinski definition) is 1. The van der Waals surface area contributed by atoms with E-state index in [1.54, 1.807) is 12.1 Å². The van der Waals surface area contributed by atoms with Crippen molar-refractivity contribution in [3.05, 3.63) is 72.3 Å². The average molecular weight is 487 g/mol. The highest BCUT2D eigenvalue weighted by Gasteiger charge is 2.82. The molecule has 8 heteroatoms. The highest BCUT2D eigenvalue weighted by Crippen LogP contribution is 2.61. The fourth-order valence-electron chi connectivity index (χ4n) is 6.63. The molecule has 36 heavy (non-hydrogen) atoms. The monoisotopic (exact) mass is 486 g/mol. The van der Waals surface area contributed by atoms with Crippen LogP contribution in [0.25, 0.3) is 10.8 Å². The third kappa shape index (κ3) is 2.70. The predicted molar refractivity (Wildman–Crippen MR) is 131 cm³/mol. The first kappa shape index (κ1) is 22.5. The molecule has 0 bridgehead atoms. The van der Waals surface area contributed by atoms with Gasteiger partial charge in [0.2, 0.25) is 0 Å². The molecule has 0 aromatic heterocycles. The Morgan fingerprint density at radius 1 is 0.972 bits per heavy atom. The molecule has 3 aliphatic rings. The van der Waals surface area contributed by atoms with Crippen LogP contribution in [-0.4, -0.2) is 55.2 Å². The van der Waals surface area contributed by atoms with Crippen LogP contribution in [0.15, 0.2) is 66.7 Å². The first-order chi connectivity index (χ1) is 17.5. The fourth-order valence-corrected chi connectivity index (χ4v) is 6.63. The number of nitrogens with one attached hydrogen (secondary N) is 1. The van der Waals surface area contributed by atoms with Gasteiger partial charge in [-0.15, -0.1) is 0 Å². The molecule has 2 fully saturated rings. The topological polar surface area (TPSA) is 94.2 Å². The second-order valence-corrected chi connectivity index (χ2v) is 9.45. The number of rotatable bonds is 4. The number of fused-ring (bicyclic) bond motifs is 5. The Bertz CT molecular complexity index is 1410. The highest BCUT2D eigenvalue weighted by molar-refractivity contribution is 6.12. The number of ether oxygens (including phenoxy) is 3. The number of benzene rings is 3. The summed E-state index contributed by atoms with van der Waals surface area (Å²) in [6.45, 7) is 0.514. The summed E-state index contributed by atoms with van der Waals surface area (Å²) in [6, 6.07) is 20.0. The van der Waals surface area contributed by atoms with Crippen LogP contribution in [0.3, 0.4) is 0 Å². The van der Waals surface area contributed by atoms with Crippen LogP contribution in [0.5, 0.6) is 5.75 Å². The van der Waals surface area contributed by atoms with E-state index in [1.807, 2.05) is 59.5 Å². The minimum atomic E-state index is -2.03. The predicted octanol–water partition coefficient (Wildman–Crippen LogP) is 3.25. The van der Waals surface area contributed by atoms with E-state index in [0.29, 0.717) is 30.0 Å². The molecule has 3 aromatic rings. The molecular formula is C28H26N2O6. The van der Waals surface area contributed by atoms with E-state index in [9.17, 15) is 14.4 Å². The van der Waals surface area contributed by atoms with Crippen LogP contribution in [0.1, 0.15) is 18.4 Å². The van der Waals surface area contributed by atoms with E-state index < -0.39 is 40.9 Å². The summed E-state index contributed by atoms with van der Waals surface area (Å²) in [5, 5.41) is 4.84. The Hall–Kier alpha value is -3.91. The maximum Gasteiger partial charge on any atom is 0.354 e. The van der Waals surface area contributed by atoms with Crippen molar-refractivity contribution in [2.75, 3.05) is 26.1 Å². The molecule has 3 aromatic carbocycles. The smallest absolute Gasteiger partial charge is 0.354 e. The largest absolute Gasteiger partial charge is 0.472 e. The number of carbonyl (C=O) groups is 3. The zero-order chi connectivity index (χ0) is 25.1. The van der Waals surface area contributed by atoms with Gasteiger partial charge in [-0.25, -0.2) is 4.79 Å². The van der Waals surface area contributed by atoms with Gasteiger partial charge in [0, 0.05) is 23.8 Å². The van der Waals surface area contributed by atoms with Gasteiger partial charge in [0.1, 0.15) is 11.7 Å². The third-order valence-corrected chi connectivity index (χ3v) is 7.93. The van der Waals surface area contributed by atoms with Crippen LogP contribution in [0, 0.1) is 5.92 Å². The Balaban J connectivity index is 1.67. The number of nitrogens with zero attached hydrogens (tertiary/aromatic N) is 1. The molecule has 8 nitrogen and oxygen atoms in total. The maximum atomic E-state index is 14.1. The summed E-state index contributed by atoms with van der Waals surface area (Å²) in [4.78, 5) is 43.6. The fraction of sp³-hybridized carbons (Fsp3) is 0.321. The molecule has 0 radical (unpaired) electrons. The van der Waals surface area contributed by atoms with Crippen molar-refractivity contribution in [1.82, 2.24) is 4.90 Å². The minimum Gasteiger partial charge on any atom is -0.472 e. The van der Waals surface area contributed by atoms with Crippen LogP contribution in [0.2, 0.25) is 0 Å². The summed E-state index contributed by atoms with van der Waals surface area (Å²) in [5.74, 6) is -2.58. The summed E-state index contributed by atoms with van der Waals surface area (Å²) >= 11 is 0. The number of hydrogen-bond acceptors (Lipinski definition) is 7. The number of esters is 2. The number of amides is 1. The van der Waals surface area contributed by atoms with E-state index in [-0.39, 0.29) is 0 Å². The van der Waals surface area contributed by atoms with Gasteiger partial charge >= 0.3 is 11.9 Å². The lowest BCUT2D eigenvalue weighted by Crippen LogP contribution is -2.68. The first-order valence-corrected chi connectivity index (χ1v) is 12.0. The van der Waals surface area contributed by atoms with Gasteiger partial charge in [-0.1, -0.05) is 48.5 Å². The average Bonchev–Trinajstić information content (AvgIpc) is 3.55. The quantitative estimate of drug-likeness (QED) is 0.566. The van der Waals surface area contributed by atoms with Gasteiger partial charge in [0.05, 0.1) is 14.2 Å².